The van der Waals surface area contributed by atoms with Gasteiger partial charge in [-0.05, 0) is 43.1 Å². The third-order valence-electron chi connectivity index (χ3n) is 4.90. The highest BCUT2D eigenvalue weighted by Crippen LogP contribution is 2.34. The number of aryl methyl sites for hydroxylation is 1. The average molecular weight is 491 g/mol. The number of thioether (sulfide) groups is 1. The van der Waals surface area contributed by atoms with Crippen LogP contribution in [-0.2, 0) is 11.2 Å². The summed E-state index contributed by atoms with van der Waals surface area (Å²) in [6, 6.07) is 9.05. The first kappa shape index (κ1) is 23.6. The van der Waals surface area contributed by atoms with Crippen LogP contribution >= 0.6 is 35.7 Å². The van der Waals surface area contributed by atoms with Crippen molar-refractivity contribution in [2.45, 2.75) is 50.8 Å². The van der Waals surface area contributed by atoms with Gasteiger partial charge < -0.3 is 15.4 Å². The fourth-order valence-corrected chi connectivity index (χ4v) is 4.43. The van der Waals surface area contributed by atoms with Crippen molar-refractivity contribution >= 4 is 41.7 Å². The zero-order chi connectivity index (χ0) is 18.1. The average Bonchev–Trinajstić information content (AvgIpc) is 2.66. The smallest absolute Gasteiger partial charge is 0.191 e. The maximum Gasteiger partial charge on any atom is 0.191 e. The highest BCUT2D eigenvalue weighted by molar-refractivity contribution is 14.0. The first-order valence-corrected chi connectivity index (χ1v) is 10.4. The second-order valence-electron chi connectivity index (χ2n) is 6.62. The lowest BCUT2D eigenvalue weighted by Gasteiger charge is -2.37. The molecule has 2 rings (SSSR count). The number of benzene rings is 1. The van der Waals surface area contributed by atoms with Crippen LogP contribution in [0.4, 0.5) is 0 Å². The Morgan fingerprint density at radius 3 is 2.42 bits per heavy atom. The van der Waals surface area contributed by atoms with Gasteiger partial charge in [0.15, 0.2) is 5.96 Å². The molecule has 26 heavy (non-hydrogen) atoms. The van der Waals surface area contributed by atoms with Gasteiger partial charge in [0.05, 0.1) is 6.04 Å². The third kappa shape index (κ3) is 6.93. The summed E-state index contributed by atoms with van der Waals surface area (Å²) >= 11 is 2.05. The molecule has 0 spiro atoms. The molecule has 0 aliphatic carbocycles. The number of nitrogens with one attached hydrogen (secondary N) is 2. The Bertz CT molecular complexity index is 539. The number of ether oxygens (including phenoxy) is 1. The van der Waals surface area contributed by atoms with E-state index in [0.717, 1.165) is 50.7 Å². The van der Waals surface area contributed by atoms with Crippen LogP contribution in [0.25, 0.3) is 0 Å². The standard InChI is InChI=1S/C20H33N3OS.HI/c1-5-17-7-9-18(10-8-17)16(3)23-19(21-4)22-15-20(25-6-2)11-13-24-14-12-20;/h7-10,16H,5-6,11-15H2,1-4H3,(H2,21,22,23);1H. The number of nitrogens with zero attached hydrogens (tertiary/aromatic N) is 1. The Morgan fingerprint density at radius 2 is 1.88 bits per heavy atom. The predicted octanol–water partition coefficient (Wildman–Crippen LogP) is 4.40. The Balaban J connectivity index is 0.00000338. The molecule has 0 radical (unpaired) electrons. The summed E-state index contributed by atoms with van der Waals surface area (Å²) in [5.74, 6) is 2.00. The van der Waals surface area contributed by atoms with E-state index in [4.69, 9.17) is 4.74 Å². The van der Waals surface area contributed by atoms with Crippen molar-refractivity contribution in [3.63, 3.8) is 0 Å². The van der Waals surface area contributed by atoms with Crippen LogP contribution in [-0.4, -0.2) is 43.3 Å². The molecule has 1 aliphatic heterocycles. The van der Waals surface area contributed by atoms with Gasteiger partial charge in [0.1, 0.15) is 0 Å². The summed E-state index contributed by atoms with van der Waals surface area (Å²) in [6.07, 6.45) is 3.28. The predicted molar refractivity (Wildman–Crippen MR) is 125 cm³/mol. The molecule has 1 aromatic rings. The molecule has 148 valence electrons. The van der Waals surface area contributed by atoms with Gasteiger partial charge in [-0.3, -0.25) is 4.99 Å². The molecule has 2 N–H and O–H groups in total. The molecule has 0 amide bonds. The Kier molecular flexibility index (Phi) is 11.0. The third-order valence-corrected chi connectivity index (χ3v) is 6.35. The highest BCUT2D eigenvalue weighted by Gasteiger charge is 2.32. The Hall–Kier alpha value is -0.470. The molecule has 1 aliphatic rings. The van der Waals surface area contributed by atoms with Crippen LogP contribution in [0.15, 0.2) is 29.3 Å². The molecular formula is C20H34IN3OS. The second-order valence-corrected chi connectivity index (χ2v) is 8.35. The van der Waals surface area contributed by atoms with Crippen LogP contribution < -0.4 is 10.6 Å². The molecule has 1 fully saturated rings. The van der Waals surface area contributed by atoms with E-state index >= 15 is 0 Å². The normalized spacial score (nSPS) is 17.9. The van der Waals surface area contributed by atoms with Crippen molar-refractivity contribution in [1.82, 2.24) is 10.6 Å². The van der Waals surface area contributed by atoms with E-state index in [0.29, 0.717) is 0 Å². The zero-order valence-corrected chi connectivity index (χ0v) is 19.7. The Morgan fingerprint density at radius 1 is 1.23 bits per heavy atom. The maximum absolute atomic E-state index is 5.56. The monoisotopic (exact) mass is 491 g/mol. The molecule has 4 nitrogen and oxygen atoms in total. The van der Waals surface area contributed by atoms with Crippen LogP contribution in [0.2, 0.25) is 0 Å². The minimum Gasteiger partial charge on any atom is -0.381 e. The van der Waals surface area contributed by atoms with E-state index in [9.17, 15) is 0 Å². The number of aliphatic imine (C=N–C) groups is 1. The van der Waals surface area contributed by atoms with Gasteiger partial charge in [0.2, 0.25) is 0 Å². The van der Waals surface area contributed by atoms with Crippen LogP contribution in [0.1, 0.15) is 50.8 Å². The second kappa shape index (κ2) is 12.1. The molecule has 1 unspecified atom stereocenters. The van der Waals surface area contributed by atoms with E-state index in [1.807, 2.05) is 18.8 Å². The molecule has 0 saturated carbocycles. The van der Waals surface area contributed by atoms with Crippen LogP contribution in [0.3, 0.4) is 0 Å². The SMILES string of the molecule is CCSC1(CNC(=NC)NC(C)c2ccc(CC)cc2)CCOCC1.I. The fourth-order valence-electron chi connectivity index (χ4n) is 3.19. The molecule has 1 heterocycles. The zero-order valence-electron chi connectivity index (χ0n) is 16.5. The lowest BCUT2D eigenvalue weighted by Crippen LogP contribution is -2.48. The molecule has 1 saturated heterocycles. The number of hydrogen-bond donors (Lipinski definition) is 2. The first-order chi connectivity index (χ1) is 12.1. The van der Waals surface area contributed by atoms with Crippen LogP contribution in [0, 0.1) is 0 Å². The molecule has 0 bridgehead atoms. The lowest BCUT2D eigenvalue weighted by molar-refractivity contribution is 0.0782. The minimum absolute atomic E-state index is 0. The molecule has 1 aromatic carbocycles. The lowest BCUT2D eigenvalue weighted by atomic mass is 9.99. The van der Waals surface area contributed by atoms with Crippen molar-refractivity contribution in [3.8, 4) is 0 Å². The summed E-state index contributed by atoms with van der Waals surface area (Å²) in [6.45, 7) is 9.25. The van der Waals surface area contributed by atoms with Crippen molar-refractivity contribution in [1.29, 1.82) is 0 Å². The van der Waals surface area contributed by atoms with Gasteiger partial charge in [-0.15, -0.1) is 24.0 Å². The number of halogens is 1. The van der Waals surface area contributed by atoms with Crippen molar-refractivity contribution in [2.75, 3.05) is 32.6 Å². The number of guanidine groups is 1. The summed E-state index contributed by atoms with van der Waals surface area (Å²) in [5.41, 5.74) is 2.65. The van der Waals surface area contributed by atoms with Crippen molar-refractivity contribution in [2.24, 2.45) is 4.99 Å². The minimum atomic E-state index is 0. The molecule has 1 atom stereocenters. The van der Waals surface area contributed by atoms with Crippen molar-refractivity contribution < 1.29 is 4.74 Å². The summed E-state index contributed by atoms with van der Waals surface area (Å²) in [7, 11) is 1.84. The van der Waals surface area contributed by atoms with E-state index in [-0.39, 0.29) is 34.8 Å². The van der Waals surface area contributed by atoms with E-state index in [1.165, 1.54) is 11.1 Å². The molecule has 0 aromatic heterocycles. The van der Waals surface area contributed by atoms with E-state index in [2.05, 4.69) is 60.7 Å². The van der Waals surface area contributed by atoms with Gasteiger partial charge in [-0.25, -0.2) is 0 Å². The fraction of sp³-hybridized carbons (Fsp3) is 0.650. The Labute approximate surface area is 180 Å². The van der Waals surface area contributed by atoms with Crippen molar-refractivity contribution in [3.05, 3.63) is 35.4 Å². The van der Waals surface area contributed by atoms with Gasteiger partial charge >= 0.3 is 0 Å². The van der Waals surface area contributed by atoms with Crippen LogP contribution in [0.5, 0.6) is 0 Å². The summed E-state index contributed by atoms with van der Waals surface area (Å²) in [5, 5.41) is 7.07. The first-order valence-electron chi connectivity index (χ1n) is 9.40. The van der Waals surface area contributed by atoms with Gasteiger partial charge in [-0.2, -0.15) is 11.8 Å². The van der Waals surface area contributed by atoms with Gasteiger partial charge in [0, 0.05) is 31.6 Å². The quantitative estimate of drug-likeness (QED) is 0.337. The van der Waals surface area contributed by atoms with E-state index < -0.39 is 0 Å². The van der Waals surface area contributed by atoms with Gasteiger partial charge in [-0.1, -0.05) is 38.1 Å². The molecule has 6 heteroatoms. The van der Waals surface area contributed by atoms with E-state index in [1.54, 1.807) is 0 Å². The topological polar surface area (TPSA) is 45.7 Å². The van der Waals surface area contributed by atoms with Gasteiger partial charge in [0.25, 0.3) is 0 Å². The number of rotatable bonds is 7. The highest BCUT2D eigenvalue weighted by atomic mass is 127. The number of hydrogen-bond acceptors (Lipinski definition) is 3. The largest absolute Gasteiger partial charge is 0.381 e. The summed E-state index contributed by atoms with van der Waals surface area (Å²) in [4.78, 5) is 4.42. The molecular weight excluding hydrogens is 457 g/mol. The summed E-state index contributed by atoms with van der Waals surface area (Å²) < 4.78 is 5.82. The maximum atomic E-state index is 5.56.